The van der Waals surface area contributed by atoms with Crippen molar-refractivity contribution in [3.05, 3.63) is 78.9 Å². The van der Waals surface area contributed by atoms with E-state index < -0.39 is 0 Å². The Kier molecular flexibility index (Phi) is 3.80. The van der Waals surface area contributed by atoms with Crippen LogP contribution in [-0.4, -0.2) is 29.7 Å². The number of aryl methyl sites for hydroxylation is 1. The summed E-state index contributed by atoms with van der Waals surface area (Å²) in [7, 11) is 2.04. The Hall–Kier alpha value is -4.19. The second-order valence-corrected chi connectivity index (χ2v) is 7.75. The molecule has 0 radical (unpaired) electrons. The summed E-state index contributed by atoms with van der Waals surface area (Å²) in [5.41, 5.74) is 8.20. The van der Waals surface area contributed by atoms with Crippen molar-refractivity contribution in [3.63, 3.8) is 0 Å². The fourth-order valence-corrected chi connectivity index (χ4v) is 4.18. The lowest BCUT2D eigenvalue weighted by Crippen LogP contribution is -1.94. The van der Waals surface area contributed by atoms with Crippen LogP contribution >= 0.6 is 0 Å². The number of aromatic amines is 2. The molecule has 0 spiro atoms. The number of hydrogen-bond acceptors (Lipinski definition) is 3. The molecule has 0 amide bonds. The number of rotatable bonds is 3. The van der Waals surface area contributed by atoms with Crippen LogP contribution in [0.5, 0.6) is 0 Å². The van der Waals surface area contributed by atoms with Gasteiger partial charge in [-0.25, -0.2) is 4.98 Å². The standard InChI is InChI=1S/C25H20N6/c1-15-27-14-24(31(15)2)16-9-10-22-19(12-16)25(30-29-22)23-13-18-17(6-5-8-21(18)28-23)20-7-3-4-11-26-20/h3-14,28H,1-2H3,(H,29,30). The second kappa shape index (κ2) is 6.67. The topological polar surface area (TPSA) is 75.2 Å². The van der Waals surface area contributed by atoms with E-state index in [-0.39, 0.29) is 0 Å². The Morgan fingerprint density at radius 3 is 2.61 bits per heavy atom. The monoisotopic (exact) mass is 404 g/mol. The number of nitrogens with zero attached hydrogens (tertiary/aromatic N) is 4. The summed E-state index contributed by atoms with van der Waals surface area (Å²) in [6.07, 6.45) is 3.74. The van der Waals surface area contributed by atoms with E-state index in [0.717, 1.165) is 61.5 Å². The lowest BCUT2D eigenvalue weighted by molar-refractivity contribution is 0.865. The highest BCUT2D eigenvalue weighted by molar-refractivity contribution is 6.01. The number of H-pyrrole nitrogens is 2. The Morgan fingerprint density at radius 2 is 1.81 bits per heavy atom. The lowest BCUT2D eigenvalue weighted by atomic mass is 10.0. The van der Waals surface area contributed by atoms with Crippen molar-refractivity contribution in [2.75, 3.05) is 0 Å². The summed E-state index contributed by atoms with van der Waals surface area (Å²) in [4.78, 5) is 12.5. The molecule has 0 saturated heterocycles. The largest absolute Gasteiger partial charge is 0.353 e. The zero-order valence-corrected chi connectivity index (χ0v) is 17.2. The van der Waals surface area contributed by atoms with E-state index in [1.165, 1.54) is 0 Å². The van der Waals surface area contributed by atoms with Gasteiger partial charge in [0.2, 0.25) is 0 Å². The summed E-state index contributed by atoms with van der Waals surface area (Å²) in [6.45, 7) is 2.01. The van der Waals surface area contributed by atoms with Gasteiger partial charge in [0, 0.05) is 40.7 Å². The van der Waals surface area contributed by atoms with Crippen LogP contribution in [0, 0.1) is 6.92 Å². The minimum Gasteiger partial charge on any atom is -0.353 e. The average molecular weight is 404 g/mol. The number of nitrogens with one attached hydrogen (secondary N) is 2. The van der Waals surface area contributed by atoms with Crippen LogP contribution in [0.25, 0.3) is 55.7 Å². The molecule has 0 aliphatic rings. The van der Waals surface area contributed by atoms with Gasteiger partial charge in [-0.15, -0.1) is 0 Å². The van der Waals surface area contributed by atoms with Crippen molar-refractivity contribution in [1.29, 1.82) is 0 Å². The van der Waals surface area contributed by atoms with E-state index in [4.69, 9.17) is 0 Å². The maximum Gasteiger partial charge on any atom is 0.116 e. The molecule has 2 N–H and O–H groups in total. The second-order valence-electron chi connectivity index (χ2n) is 7.75. The SMILES string of the molecule is Cc1ncc(-c2ccc3[nH]nc(-c4cc5c(-c6ccccn6)cccc5[nH]4)c3c2)n1C. The van der Waals surface area contributed by atoms with E-state index in [2.05, 4.69) is 72.2 Å². The van der Waals surface area contributed by atoms with Gasteiger partial charge in [0.05, 0.1) is 28.8 Å². The fraction of sp³-hybridized carbons (Fsp3) is 0.0800. The highest BCUT2D eigenvalue weighted by atomic mass is 15.1. The molecular weight excluding hydrogens is 384 g/mol. The quantitative estimate of drug-likeness (QED) is 0.410. The van der Waals surface area contributed by atoms with Crippen molar-refractivity contribution in [2.45, 2.75) is 6.92 Å². The van der Waals surface area contributed by atoms with Crippen LogP contribution in [0.4, 0.5) is 0 Å². The van der Waals surface area contributed by atoms with Gasteiger partial charge >= 0.3 is 0 Å². The molecule has 0 atom stereocenters. The molecular formula is C25H20N6. The first-order valence-electron chi connectivity index (χ1n) is 10.2. The van der Waals surface area contributed by atoms with Gasteiger partial charge in [-0.05, 0) is 43.3 Å². The van der Waals surface area contributed by atoms with Crippen LogP contribution in [-0.2, 0) is 7.05 Å². The highest BCUT2D eigenvalue weighted by Crippen LogP contribution is 2.34. The third-order valence-electron chi connectivity index (χ3n) is 5.94. The zero-order chi connectivity index (χ0) is 20.9. The molecule has 2 aromatic carbocycles. The van der Waals surface area contributed by atoms with Crippen molar-refractivity contribution < 1.29 is 0 Å². The molecule has 6 heteroatoms. The summed E-state index contributed by atoms with van der Waals surface area (Å²) in [5, 5.41) is 10.0. The molecule has 0 saturated carbocycles. The summed E-state index contributed by atoms with van der Waals surface area (Å²) in [6, 6.07) is 20.7. The number of benzene rings is 2. The Labute approximate surface area is 178 Å². The normalized spacial score (nSPS) is 11.5. The van der Waals surface area contributed by atoms with Gasteiger partial charge in [0.15, 0.2) is 0 Å². The summed E-state index contributed by atoms with van der Waals surface area (Å²) in [5.74, 6) is 0.986. The predicted octanol–water partition coefficient (Wildman–Crippen LogP) is 5.48. The Balaban J connectivity index is 1.52. The minimum atomic E-state index is 0.902. The van der Waals surface area contributed by atoms with Crippen LogP contribution in [0.15, 0.2) is 73.1 Å². The fourth-order valence-electron chi connectivity index (χ4n) is 4.18. The van der Waals surface area contributed by atoms with Gasteiger partial charge in [-0.2, -0.15) is 5.10 Å². The maximum absolute atomic E-state index is 4.63. The first kappa shape index (κ1) is 17.7. The third kappa shape index (κ3) is 2.76. The smallest absolute Gasteiger partial charge is 0.116 e. The number of fused-ring (bicyclic) bond motifs is 2. The van der Waals surface area contributed by atoms with Crippen molar-refractivity contribution in [1.82, 2.24) is 29.7 Å². The highest BCUT2D eigenvalue weighted by Gasteiger charge is 2.15. The third-order valence-corrected chi connectivity index (χ3v) is 5.94. The summed E-state index contributed by atoms with van der Waals surface area (Å²) >= 11 is 0. The van der Waals surface area contributed by atoms with E-state index in [1.807, 2.05) is 44.6 Å². The molecule has 6 rings (SSSR count). The molecule has 6 nitrogen and oxygen atoms in total. The zero-order valence-electron chi connectivity index (χ0n) is 17.2. The molecule has 4 aromatic heterocycles. The van der Waals surface area contributed by atoms with Crippen molar-refractivity contribution >= 4 is 21.8 Å². The van der Waals surface area contributed by atoms with Gasteiger partial charge in [-0.3, -0.25) is 10.1 Å². The van der Waals surface area contributed by atoms with E-state index >= 15 is 0 Å². The first-order valence-corrected chi connectivity index (χ1v) is 10.2. The molecule has 6 aromatic rings. The van der Waals surface area contributed by atoms with E-state index in [9.17, 15) is 0 Å². The predicted molar refractivity (Wildman–Crippen MR) is 124 cm³/mol. The van der Waals surface area contributed by atoms with Crippen LogP contribution in [0.2, 0.25) is 0 Å². The lowest BCUT2D eigenvalue weighted by Gasteiger charge is -2.04. The number of aromatic nitrogens is 6. The van der Waals surface area contributed by atoms with Gasteiger partial charge in [0.1, 0.15) is 11.5 Å². The van der Waals surface area contributed by atoms with Crippen LogP contribution < -0.4 is 0 Å². The molecule has 0 aliphatic carbocycles. The van der Waals surface area contributed by atoms with Crippen LogP contribution in [0.3, 0.4) is 0 Å². The van der Waals surface area contributed by atoms with Crippen molar-refractivity contribution in [2.24, 2.45) is 7.05 Å². The number of imidazole rings is 1. The van der Waals surface area contributed by atoms with Gasteiger partial charge < -0.3 is 9.55 Å². The Morgan fingerprint density at radius 1 is 0.871 bits per heavy atom. The Bertz CT molecular complexity index is 1550. The molecule has 0 bridgehead atoms. The molecule has 31 heavy (non-hydrogen) atoms. The molecule has 4 heterocycles. The van der Waals surface area contributed by atoms with E-state index in [1.54, 1.807) is 0 Å². The number of pyridine rings is 1. The molecule has 0 aliphatic heterocycles. The maximum atomic E-state index is 4.63. The van der Waals surface area contributed by atoms with E-state index in [0.29, 0.717) is 0 Å². The molecule has 150 valence electrons. The number of hydrogen-bond donors (Lipinski definition) is 2. The van der Waals surface area contributed by atoms with Crippen molar-refractivity contribution in [3.8, 4) is 33.9 Å². The molecule has 0 fully saturated rings. The average Bonchev–Trinajstić information content (AvgIpc) is 3.50. The first-order chi connectivity index (χ1) is 15.2. The molecule has 0 unspecified atom stereocenters. The summed E-state index contributed by atoms with van der Waals surface area (Å²) < 4.78 is 2.10. The minimum absolute atomic E-state index is 0.902. The van der Waals surface area contributed by atoms with Gasteiger partial charge in [0.25, 0.3) is 0 Å². The van der Waals surface area contributed by atoms with Gasteiger partial charge in [-0.1, -0.05) is 24.3 Å². The van der Waals surface area contributed by atoms with Crippen LogP contribution in [0.1, 0.15) is 5.82 Å².